The van der Waals surface area contributed by atoms with Crippen LogP contribution in [-0.4, -0.2) is 30.6 Å². The number of pyridine rings is 1. The molecule has 1 unspecified atom stereocenters. The summed E-state index contributed by atoms with van der Waals surface area (Å²) >= 11 is 0. The molecule has 0 amide bonds. The second-order valence-electron chi connectivity index (χ2n) is 6.17. The van der Waals surface area contributed by atoms with E-state index in [1.807, 2.05) is 30.5 Å². The Balaban J connectivity index is 1.72. The number of aliphatic imine (C=N–C) groups is 1. The lowest BCUT2D eigenvalue weighted by Gasteiger charge is -2.14. The molecule has 0 saturated heterocycles. The summed E-state index contributed by atoms with van der Waals surface area (Å²) in [6.07, 6.45) is 2.85. The van der Waals surface area contributed by atoms with Crippen LogP contribution < -0.4 is 10.6 Å². The van der Waals surface area contributed by atoms with E-state index in [1.165, 1.54) is 5.56 Å². The SMILES string of the molecule is CCNC(=NCc1ncccc1C)NCCCOC(C)c1ccccc1. The standard InChI is InChI=1S/C21H30N4O/c1-4-22-21(25-16-20-17(2)10-8-13-23-20)24-14-9-15-26-18(3)19-11-6-5-7-12-19/h5-8,10-13,18H,4,9,14-16H2,1-3H3,(H2,22,24,25). The Morgan fingerprint density at radius 3 is 2.69 bits per heavy atom. The summed E-state index contributed by atoms with van der Waals surface area (Å²) in [4.78, 5) is 9.00. The zero-order valence-corrected chi connectivity index (χ0v) is 16.0. The molecule has 0 saturated carbocycles. The Hall–Kier alpha value is -2.40. The fourth-order valence-corrected chi connectivity index (χ4v) is 2.54. The first-order valence-electron chi connectivity index (χ1n) is 9.30. The minimum atomic E-state index is 0.116. The zero-order chi connectivity index (χ0) is 18.6. The first-order valence-corrected chi connectivity index (χ1v) is 9.30. The number of aryl methyl sites for hydroxylation is 1. The third-order valence-electron chi connectivity index (χ3n) is 4.10. The van der Waals surface area contributed by atoms with E-state index in [9.17, 15) is 0 Å². The highest BCUT2D eigenvalue weighted by molar-refractivity contribution is 5.79. The second-order valence-corrected chi connectivity index (χ2v) is 6.17. The topological polar surface area (TPSA) is 58.5 Å². The summed E-state index contributed by atoms with van der Waals surface area (Å²) in [6.45, 7) is 9.13. The molecule has 1 aromatic carbocycles. The lowest BCUT2D eigenvalue weighted by molar-refractivity contribution is 0.0646. The minimum Gasteiger partial charge on any atom is -0.374 e. The van der Waals surface area contributed by atoms with Gasteiger partial charge in [-0.1, -0.05) is 36.4 Å². The van der Waals surface area contributed by atoms with Crippen molar-refractivity contribution in [2.75, 3.05) is 19.7 Å². The van der Waals surface area contributed by atoms with Gasteiger partial charge in [-0.25, -0.2) is 4.99 Å². The van der Waals surface area contributed by atoms with Gasteiger partial charge in [-0.2, -0.15) is 0 Å². The van der Waals surface area contributed by atoms with Crippen LogP contribution >= 0.6 is 0 Å². The van der Waals surface area contributed by atoms with Crippen molar-refractivity contribution in [3.05, 3.63) is 65.5 Å². The number of guanidine groups is 1. The molecule has 0 aliphatic heterocycles. The predicted octanol–water partition coefficient (Wildman–Crippen LogP) is 3.61. The first kappa shape index (κ1) is 19.9. The summed E-state index contributed by atoms with van der Waals surface area (Å²) in [6, 6.07) is 14.3. The molecule has 0 radical (unpaired) electrons. The van der Waals surface area contributed by atoms with Crippen LogP contribution in [0.1, 0.15) is 43.2 Å². The van der Waals surface area contributed by atoms with Crippen LogP contribution in [0.25, 0.3) is 0 Å². The largest absolute Gasteiger partial charge is 0.374 e. The van der Waals surface area contributed by atoms with Crippen molar-refractivity contribution >= 4 is 5.96 Å². The van der Waals surface area contributed by atoms with Crippen LogP contribution in [0.2, 0.25) is 0 Å². The predicted molar refractivity (Wildman–Crippen MR) is 107 cm³/mol. The van der Waals surface area contributed by atoms with E-state index in [0.29, 0.717) is 13.2 Å². The smallest absolute Gasteiger partial charge is 0.191 e. The normalized spacial score (nSPS) is 12.7. The Kier molecular flexibility index (Phi) is 8.63. The van der Waals surface area contributed by atoms with E-state index >= 15 is 0 Å². The molecular formula is C21H30N4O. The number of hydrogen-bond acceptors (Lipinski definition) is 3. The van der Waals surface area contributed by atoms with Crippen LogP contribution in [0.3, 0.4) is 0 Å². The minimum absolute atomic E-state index is 0.116. The molecule has 5 heteroatoms. The summed E-state index contributed by atoms with van der Waals surface area (Å²) in [7, 11) is 0. The maximum Gasteiger partial charge on any atom is 0.191 e. The highest BCUT2D eigenvalue weighted by Gasteiger charge is 2.04. The van der Waals surface area contributed by atoms with Gasteiger partial charge in [0, 0.05) is 25.9 Å². The fraction of sp³-hybridized carbons (Fsp3) is 0.429. The van der Waals surface area contributed by atoms with Gasteiger partial charge in [-0.15, -0.1) is 0 Å². The summed E-state index contributed by atoms with van der Waals surface area (Å²) < 4.78 is 5.90. The molecule has 140 valence electrons. The van der Waals surface area contributed by atoms with Crippen LogP contribution in [0.5, 0.6) is 0 Å². The molecule has 26 heavy (non-hydrogen) atoms. The van der Waals surface area contributed by atoms with Crippen molar-refractivity contribution in [2.45, 2.75) is 39.8 Å². The number of benzene rings is 1. The molecule has 0 aliphatic carbocycles. The van der Waals surface area contributed by atoms with E-state index in [-0.39, 0.29) is 6.10 Å². The van der Waals surface area contributed by atoms with E-state index in [1.54, 1.807) is 0 Å². The molecule has 5 nitrogen and oxygen atoms in total. The quantitative estimate of drug-likeness (QED) is 0.410. The highest BCUT2D eigenvalue weighted by atomic mass is 16.5. The van der Waals surface area contributed by atoms with Crippen LogP contribution in [-0.2, 0) is 11.3 Å². The summed E-state index contributed by atoms with van der Waals surface area (Å²) in [5.74, 6) is 0.814. The van der Waals surface area contributed by atoms with Gasteiger partial charge in [-0.3, -0.25) is 4.98 Å². The Labute approximate surface area is 156 Å². The van der Waals surface area contributed by atoms with Crippen molar-refractivity contribution in [1.82, 2.24) is 15.6 Å². The van der Waals surface area contributed by atoms with Crippen molar-refractivity contribution in [1.29, 1.82) is 0 Å². The molecule has 1 heterocycles. The zero-order valence-electron chi connectivity index (χ0n) is 16.0. The molecule has 2 rings (SSSR count). The average Bonchev–Trinajstić information content (AvgIpc) is 2.67. The third kappa shape index (κ3) is 6.84. The highest BCUT2D eigenvalue weighted by Crippen LogP contribution is 2.15. The molecule has 0 spiro atoms. The summed E-state index contributed by atoms with van der Waals surface area (Å²) in [5, 5.41) is 6.62. The fourth-order valence-electron chi connectivity index (χ4n) is 2.54. The Bertz CT molecular complexity index is 673. The molecule has 2 aromatic rings. The molecule has 1 atom stereocenters. The van der Waals surface area contributed by atoms with E-state index in [4.69, 9.17) is 4.74 Å². The lowest BCUT2D eigenvalue weighted by Crippen LogP contribution is -2.38. The van der Waals surface area contributed by atoms with Crippen molar-refractivity contribution < 1.29 is 4.74 Å². The third-order valence-corrected chi connectivity index (χ3v) is 4.10. The molecule has 2 N–H and O–H groups in total. The van der Waals surface area contributed by atoms with Gasteiger partial charge in [0.25, 0.3) is 0 Å². The number of hydrogen-bond donors (Lipinski definition) is 2. The first-order chi connectivity index (χ1) is 12.7. The van der Waals surface area contributed by atoms with Gasteiger partial charge in [-0.05, 0) is 44.4 Å². The maximum atomic E-state index is 5.90. The maximum absolute atomic E-state index is 5.90. The number of nitrogens with zero attached hydrogens (tertiary/aromatic N) is 2. The monoisotopic (exact) mass is 354 g/mol. The van der Waals surface area contributed by atoms with Gasteiger partial charge in [0.15, 0.2) is 5.96 Å². The molecule has 0 aliphatic rings. The number of aromatic nitrogens is 1. The molecule has 0 fully saturated rings. The molecule has 0 bridgehead atoms. The number of rotatable bonds is 9. The van der Waals surface area contributed by atoms with E-state index < -0.39 is 0 Å². The van der Waals surface area contributed by atoms with Crippen LogP contribution in [0.15, 0.2) is 53.7 Å². The van der Waals surface area contributed by atoms with Crippen LogP contribution in [0, 0.1) is 6.92 Å². The van der Waals surface area contributed by atoms with Crippen LogP contribution in [0.4, 0.5) is 0 Å². The molecule has 1 aromatic heterocycles. The average molecular weight is 354 g/mol. The van der Waals surface area contributed by atoms with E-state index in [0.717, 1.165) is 36.7 Å². The summed E-state index contributed by atoms with van der Waals surface area (Å²) in [5.41, 5.74) is 3.38. The van der Waals surface area contributed by atoms with Gasteiger partial charge >= 0.3 is 0 Å². The van der Waals surface area contributed by atoms with Crippen molar-refractivity contribution in [3.8, 4) is 0 Å². The van der Waals surface area contributed by atoms with E-state index in [2.05, 4.69) is 59.6 Å². The van der Waals surface area contributed by atoms with Gasteiger partial charge in [0.1, 0.15) is 0 Å². The van der Waals surface area contributed by atoms with Gasteiger partial charge < -0.3 is 15.4 Å². The number of nitrogens with one attached hydrogen (secondary N) is 2. The van der Waals surface area contributed by atoms with Crippen molar-refractivity contribution in [2.24, 2.45) is 4.99 Å². The number of ether oxygens (including phenoxy) is 1. The second kappa shape index (κ2) is 11.3. The van der Waals surface area contributed by atoms with Crippen molar-refractivity contribution in [3.63, 3.8) is 0 Å². The Morgan fingerprint density at radius 1 is 1.15 bits per heavy atom. The molecular weight excluding hydrogens is 324 g/mol. The van der Waals surface area contributed by atoms with Gasteiger partial charge in [0.2, 0.25) is 0 Å². The lowest BCUT2D eigenvalue weighted by atomic mass is 10.1. The van der Waals surface area contributed by atoms with Gasteiger partial charge in [0.05, 0.1) is 18.3 Å². The Morgan fingerprint density at radius 2 is 1.96 bits per heavy atom.